The van der Waals surface area contributed by atoms with E-state index in [1.54, 1.807) is 4.90 Å². The Morgan fingerprint density at radius 1 is 1.45 bits per heavy atom. The van der Waals surface area contributed by atoms with E-state index in [1.807, 2.05) is 32.9 Å². The van der Waals surface area contributed by atoms with Gasteiger partial charge in [0, 0.05) is 13.1 Å². The van der Waals surface area contributed by atoms with Crippen molar-refractivity contribution < 1.29 is 9.53 Å². The van der Waals surface area contributed by atoms with Crippen LogP contribution in [0.25, 0.3) is 0 Å². The quantitative estimate of drug-likeness (QED) is 0.879. The summed E-state index contributed by atoms with van der Waals surface area (Å²) in [7, 11) is 0. The van der Waals surface area contributed by atoms with E-state index < -0.39 is 5.60 Å². The van der Waals surface area contributed by atoms with Crippen molar-refractivity contribution in [3.63, 3.8) is 0 Å². The van der Waals surface area contributed by atoms with Gasteiger partial charge in [0.25, 0.3) is 0 Å². The molecule has 1 amide bonds. The van der Waals surface area contributed by atoms with Gasteiger partial charge in [-0.3, -0.25) is 4.90 Å². The van der Waals surface area contributed by atoms with Crippen molar-refractivity contribution in [2.45, 2.75) is 39.5 Å². The lowest BCUT2D eigenvalue weighted by Gasteiger charge is -2.23. The number of ether oxygens (including phenoxy) is 1. The van der Waals surface area contributed by atoms with Gasteiger partial charge >= 0.3 is 6.09 Å². The van der Waals surface area contributed by atoms with Crippen molar-refractivity contribution in [3.05, 3.63) is 23.4 Å². The molecule has 2 rings (SSSR count). The maximum Gasteiger partial charge on any atom is 0.410 e. The Morgan fingerprint density at radius 3 is 2.85 bits per heavy atom. The first kappa shape index (κ1) is 14.6. The molecule has 0 saturated heterocycles. The zero-order chi connectivity index (χ0) is 14.8. The fourth-order valence-corrected chi connectivity index (χ4v) is 2.01. The molecule has 1 aliphatic heterocycles. The predicted molar refractivity (Wildman–Crippen MR) is 77.3 cm³/mol. The van der Waals surface area contributed by atoms with Gasteiger partial charge in [0.1, 0.15) is 11.4 Å². The highest BCUT2D eigenvalue weighted by atomic mass is 16.6. The second kappa shape index (κ2) is 5.66. The number of nitrogens with two attached hydrogens (primary N) is 1. The van der Waals surface area contributed by atoms with Gasteiger partial charge in [0.15, 0.2) is 0 Å². The summed E-state index contributed by atoms with van der Waals surface area (Å²) in [6.07, 6.45) is -0.299. The first-order valence-corrected chi connectivity index (χ1v) is 6.80. The molecule has 6 nitrogen and oxygen atoms in total. The van der Waals surface area contributed by atoms with E-state index in [9.17, 15) is 4.79 Å². The van der Waals surface area contributed by atoms with Crippen molar-refractivity contribution >= 4 is 11.9 Å². The van der Waals surface area contributed by atoms with Crippen LogP contribution in [0.4, 0.5) is 10.6 Å². The highest BCUT2D eigenvalue weighted by Gasteiger charge is 2.28. The van der Waals surface area contributed by atoms with E-state index in [-0.39, 0.29) is 6.09 Å². The molecule has 0 aromatic carbocycles. The Bertz CT molecular complexity index is 496. The molecule has 1 aromatic rings. The van der Waals surface area contributed by atoms with E-state index in [1.165, 1.54) is 0 Å². The summed E-state index contributed by atoms with van der Waals surface area (Å²) in [5, 5.41) is 3.14. The summed E-state index contributed by atoms with van der Waals surface area (Å²) in [6.45, 7) is 7.87. The van der Waals surface area contributed by atoms with Crippen LogP contribution in [0.5, 0.6) is 0 Å². The van der Waals surface area contributed by atoms with Crippen LogP contribution in [0.1, 0.15) is 32.0 Å². The normalized spacial score (nSPS) is 14.1. The fourth-order valence-electron chi connectivity index (χ4n) is 2.01. The Kier molecular flexibility index (Phi) is 4.13. The number of rotatable bonds is 3. The lowest BCUT2D eigenvalue weighted by molar-refractivity contribution is 0.0240. The summed E-state index contributed by atoms with van der Waals surface area (Å²) in [6, 6.07) is 3.90. The molecular formula is C14H22N4O2. The Morgan fingerprint density at radius 2 is 2.20 bits per heavy atom. The molecule has 3 N–H and O–H groups in total. The number of fused-ring (bicyclic) bond motifs is 1. The van der Waals surface area contributed by atoms with Crippen molar-refractivity contribution in [1.29, 1.82) is 0 Å². The second-order valence-electron chi connectivity index (χ2n) is 5.85. The standard InChI is InChI=1S/C14H22N4O2/c1-14(2,3)20-13(19)18-8-10-4-5-12(16-7-6-15)17-11(10)9-18/h4-5H,6-9,15H2,1-3H3,(H,16,17). The molecule has 0 bridgehead atoms. The molecule has 110 valence electrons. The van der Waals surface area contributed by atoms with Gasteiger partial charge in [0.05, 0.1) is 18.8 Å². The third-order valence-electron chi connectivity index (χ3n) is 2.87. The number of anilines is 1. The highest BCUT2D eigenvalue weighted by Crippen LogP contribution is 2.24. The van der Waals surface area contributed by atoms with Crippen LogP contribution in [0, 0.1) is 0 Å². The number of aromatic nitrogens is 1. The fraction of sp³-hybridized carbons (Fsp3) is 0.571. The number of hydrogen-bond acceptors (Lipinski definition) is 5. The molecule has 2 heterocycles. The zero-order valence-electron chi connectivity index (χ0n) is 12.3. The minimum atomic E-state index is -0.479. The summed E-state index contributed by atoms with van der Waals surface area (Å²) in [5.41, 5.74) is 6.95. The second-order valence-corrected chi connectivity index (χ2v) is 5.85. The third-order valence-corrected chi connectivity index (χ3v) is 2.87. The number of hydrogen-bond donors (Lipinski definition) is 2. The van der Waals surface area contributed by atoms with Crippen LogP contribution >= 0.6 is 0 Å². The lowest BCUT2D eigenvalue weighted by Crippen LogP contribution is -2.33. The largest absolute Gasteiger partial charge is 0.444 e. The van der Waals surface area contributed by atoms with Gasteiger partial charge in [-0.1, -0.05) is 6.07 Å². The van der Waals surface area contributed by atoms with Gasteiger partial charge in [0.2, 0.25) is 0 Å². The molecule has 0 fully saturated rings. The molecule has 0 spiro atoms. The lowest BCUT2D eigenvalue weighted by atomic mass is 10.2. The van der Waals surface area contributed by atoms with Gasteiger partial charge < -0.3 is 15.8 Å². The zero-order valence-corrected chi connectivity index (χ0v) is 12.3. The molecule has 0 radical (unpaired) electrons. The summed E-state index contributed by atoms with van der Waals surface area (Å²) >= 11 is 0. The van der Waals surface area contributed by atoms with Gasteiger partial charge in [-0.25, -0.2) is 9.78 Å². The minimum Gasteiger partial charge on any atom is -0.444 e. The topological polar surface area (TPSA) is 80.5 Å². The van der Waals surface area contributed by atoms with E-state index in [0.717, 1.165) is 17.1 Å². The van der Waals surface area contributed by atoms with Crippen molar-refractivity contribution in [1.82, 2.24) is 9.88 Å². The van der Waals surface area contributed by atoms with E-state index in [2.05, 4.69) is 10.3 Å². The molecule has 1 aliphatic rings. The number of pyridine rings is 1. The van der Waals surface area contributed by atoms with Crippen LogP contribution in [0.3, 0.4) is 0 Å². The molecule has 20 heavy (non-hydrogen) atoms. The predicted octanol–water partition coefficient (Wildman–Crippen LogP) is 1.70. The first-order chi connectivity index (χ1) is 9.39. The summed E-state index contributed by atoms with van der Waals surface area (Å²) in [5.74, 6) is 0.792. The van der Waals surface area contributed by atoms with E-state index >= 15 is 0 Å². The molecule has 0 atom stereocenters. The first-order valence-electron chi connectivity index (χ1n) is 6.80. The molecule has 6 heteroatoms. The Labute approximate surface area is 119 Å². The maximum atomic E-state index is 12.0. The van der Waals surface area contributed by atoms with Crippen molar-refractivity contribution in [2.24, 2.45) is 5.73 Å². The Balaban J connectivity index is 2.02. The van der Waals surface area contributed by atoms with Crippen LogP contribution in [-0.4, -0.2) is 34.7 Å². The van der Waals surface area contributed by atoms with Gasteiger partial charge in [-0.2, -0.15) is 0 Å². The summed E-state index contributed by atoms with van der Waals surface area (Å²) in [4.78, 5) is 18.2. The number of amides is 1. The Hall–Kier alpha value is -1.82. The van der Waals surface area contributed by atoms with E-state index in [4.69, 9.17) is 10.5 Å². The van der Waals surface area contributed by atoms with Gasteiger partial charge in [-0.15, -0.1) is 0 Å². The average Bonchev–Trinajstić information content (AvgIpc) is 2.77. The van der Waals surface area contributed by atoms with Crippen molar-refractivity contribution in [3.8, 4) is 0 Å². The van der Waals surface area contributed by atoms with E-state index in [0.29, 0.717) is 26.2 Å². The van der Waals surface area contributed by atoms with Crippen LogP contribution in [0.15, 0.2) is 12.1 Å². The molecular weight excluding hydrogens is 256 g/mol. The molecule has 0 aliphatic carbocycles. The number of nitrogens with one attached hydrogen (secondary N) is 1. The van der Waals surface area contributed by atoms with Crippen LogP contribution in [0.2, 0.25) is 0 Å². The number of carbonyl (C=O) groups excluding carboxylic acids is 1. The van der Waals surface area contributed by atoms with Gasteiger partial charge in [-0.05, 0) is 32.4 Å². The highest BCUT2D eigenvalue weighted by molar-refractivity contribution is 5.69. The maximum absolute atomic E-state index is 12.0. The monoisotopic (exact) mass is 278 g/mol. The smallest absolute Gasteiger partial charge is 0.410 e. The average molecular weight is 278 g/mol. The van der Waals surface area contributed by atoms with Crippen LogP contribution < -0.4 is 11.1 Å². The molecule has 1 aromatic heterocycles. The summed E-state index contributed by atoms with van der Waals surface area (Å²) < 4.78 is 5.38. The minimum absolute atomic E-state index is 0.299. The SMILES string of the molecule is CC(C)(C)OC(=O)N1Cc2ccc(NCCN)nc2C1. The van der Waals surface area contributed by atoms with Crippen LogP contribution in [-0.2, 0) is 17.8 Å². The third kappa shape index (κ3) is 3.60. The molecule has 0 saturated carbocycles. The number of nitrogens with zero attached hydrogens (tertiary/aromatic N) is 2. The molecule has 0 unspecified atom stereocenters. The number of carbonyl (C=O) groups is 1. The van der Waals surface area contributed by atoms with Crippen molar-refractivity contribution in [2.75, 3.05) is 18.4 Å².